The Morgan fingerprint density at radius 3 is 2.59 bits per heavy atom. The minimum absolute atomic E-state index is 0.0413. The Hall–Kier alpha value is -2.20. The molecule has 1 N–H and O–H groups in total. The Balaban J connectivity index is 2.67. The first kappa shape index (κ1) is 16.2. The molecule has 8 heteroatoms. The van der Waals surface area contributed by atoms with Crippen LogP contribution in [0.2, 0.25) is 5.02 Å². The molecule has 0 bridgehead atoms. The molecule has 0 aliphatic heterocycles. The fourth-order valence-electron chi connectivity index (χ4n) is 1.81. The molecule has 2 aromatic heterocycles. The minimum Gasteiger partial charge on any atom is -0.335 e. The highest BCUT2D eigenvalue weighted by Gasteiger charge is 2.40. The number of amides is 1. The molecule has 2 heterocycles. The number of halogens is 4. The smallest absolute Gasteiger partial charge is 0.335 e. The van der Waals surface area contributed by atoms with Crippen LogP contribution in [0, 0.1) is 12.3 Å². The summed E-state index contributed by atoms with van der Waals surface area (Å²) in [5.41, 5.74) is -3.10. The zero-order chi connectivity index (χ0) is 16.7. The maximum Gasteiger partial charge on any atom is 0.435 e. The standard InChI is InChI=1S/C14H11ClF3N3O/c1-4-13(2,3)20-12(22)10-11(14(16,17)18)19-9-6-5-8(15)7-21(9)10/h1,5-7H,2-3H3,(H,20,22). The molecule has 2 rings (SSSR count). The van der Waals surface area contributed by atoms with Crippen molar-refractivity contribution in [3.8, 4) is 12.3 Å². The van der Waals surface area contributed by atoms with E-state index in [2.05, 4.69) is 16.2 Å². The van der Waals surface area contributed by atoms with Gasteiger partial charge in [-0.1, -0.05) is 17.5 Å². The average Bonchev–Trinajstić information content (AvgIpc) is 2.76. The van der Waals surface area contributed by atoms with Gasteiger partial charge in [0, 0.05) is 6.20 Å². The first-order chi connectivity index (χ1) is 10.0. The summed E-state index contributed by atoms with van der Waals surface area (Å²) in [7, 11) is 0. The maximum absolute atomic E-state index is 13.1. The molecule has 0 aliphatic carbocycles. The maximum atomic E-state index is 13.1. The summed E-state index contributed by atoms with van der Waals surface area (Å²) < 4.78 is 40.4. The van der Waals surface area contributed by atoms with Gasteiger partial charge >= 0.3 is 6.18 Å². The number of hydrogen-bond donors (Lipinski definition) is 1. The molecule has 0 fully saturated rings. The number of pyridine rings is 1. The molecule has 0 radical (unpaired) electrons. The van der Waals surface area contributed by atoms with Crippen LogP contribution >= 0.6 is 11.6 Å². The summed E-state index contributed by atoms with van der Waals surface area (Å²) in [4.78, 5) is 15.7. The van der Waals surface area contributed by atoms with Crippen LogP contribution in [0.3, 0.4) is 0 Å². The molecular formula is C14H11ClF3N3O. The molecule has 116 valence electrons. The average molecular weight is 330 g/mol. The SMILES string of the molecule is C#CC(C)(C)NC(=O)c1c(C(F)(F)F)nc2ccc(Cl)cn12. The summed E-state index contributed by atoms with van der Waals surface area (Å²) in [6, 6.07) is 2.68. The third kappa shape index (κ3) is 3.02. The van der Waals surface area contributed by atoms with Crippen molar-refractivity contribution >= 4 is 23.2 Å². The number of terminal acetylenes is 1. The monoisotopic (exact) mass is 329 g/mol. The fourth-order valence-corrected chi connectivity index (χ4v) is 1.97. The van der Waals surface area contributed by atoms with E-state index in [9.17, 15) is 18.0 Å². The lowest BCUT2D eigenvalue weighted by atomic mass is 10.1. The molecule has 1 amide bonds. The van der Waals surface area contributed by atoms with E-state index in [0.29, 0.717) is 0 Å². The Kier molecular flexibility index (Phi) is 3.83. The zero-order valence-electron chi connectivity index (χ0n) is 11.6. The van der Waals surface area contributed by atoms with E-state index >= 15 is 0 Å². The van der Waals surface area contributed by atoms with Gasteiger partial charge in [-0.2, -0.15) is 13.2 Å². The van der Waals surface area contributed by atoms with E-state index in [4.69, 9.17) is 18.0 Å². The Labute approximate surface area is 129 Å². The second-order valence-electron chi connectivity index (χ2n) is 5.11. The van der Waals surface area contributed by atoms with Gasteiger partial charge in [0.15, 0.2) is 5.69 Å². The minimum atomic E-state index is -4.79. The van der Waals surface area contributed by atoms with Gasteiger partial charge in [-0.3, -0.25) is 9.20 Å². The molecule has 0 saturated heterocycles. The topological polar surface area (TPSA) is 46.4 Å². The Bertz CT molecular complexity index is 787. The summed E-state index contributed by atoms with van der Waals surface area (Å²) in [5.74, 6) is 1.30. The molecule has 0 saturated carbocycles. The van der Waals surface area contributed by atoms with Crippen LogP contribution < -0.4 is 5.32 Å². The fraction of sp³-hybridized carbons (Fsp3) is 0.286. The number of aromatic nitrogens is 2. The van der Waals surface area contributed by atoms with Crippen molar-refractivity contribution in [3.63, 3.8) is 0 Å². The van der Waals surface area contributed by atoms with E-state index in [1.165, 1.54) is 32.2 Å². The van der Waals surface area contributed by atoms with Crippen LogP contribution in [0.15, 0.2) is 18.3 Å². The van der Waals surface area contributed by atoms with Gasteiger partial charge < -0.3 is 5.32 Å². The number of alkyl halides is 3. The third-order valence-electron chi connectivity index (χ3n) is 2.85. The highest BCUT2D eigenvalue weighted by molar-refractivity contribution is 6.30. The first-order valence-electron chi connectivity index (χ1n) is 6.10. The van der Waals surface area contributed by atoms with E-state index in [1.807, 2.05) is 0 Å². The van der Waals surface area contributed by atoms with Gasteiger partial charge in [-0.05, 0) is 26.0 Å². The summed E-state index contributed by atoms with van der Waals surface area (Å²) >= 11 is 5.79. The molecule has 0 unspecified atom stereocenters. The molecule has 0 aromatic carbocycles. The number of hydrogen-bond acceptors (Lipinski definition) is 2. The molecule has 0 spiro atoms. The van der Waals surface area contributed by atoms with Crippen LogP contribution in [0.1, 0.15) is 30.0 Å². The van der Waals surface area contributed by atoms with Crippen molar-refractivity contribution in [2.24, 2.45) is 0 Å². The zero-order valence-corrected chi connectivity index (χ0v) is 12.4. The van der Waals surface area contributed by atoms with E-state index in [1.54, 1.807) is 0 Å². The highest BCUT2D eigenvalue weighted by Crippen LogP contribution is 2.32. The Morgan fingerprint density at radius 1 is 1.41 bits per heavy atom. The van der Waals surface area contributed by atoms with E-state index in [-0.39, 0.29) is 10.7 Å². The van der Waals surface area contributed by atoms with Crippen molar-refractivity contribution in [1.82, 2.24) is 14.7 Å². The lowest BCUT2D eigenvalue weighted by Crippen LogP contribution is -2.43. The Morgan fingerprint density at radius 2 is 2.05 bits per heavy atom. The van der Waals surface area contributed by atoms with Gasteiger partial charge in [0.1, 0.15) is 11.3 Å². The number of carbonyl (C=O) groups is 1. The van der Waals surface area contributed by atoms with Crippen LogP contribution in [0.5, 0.6) is 0 Å². The van der Waals surface area contributed by atoms with Gasteiger partial charge in [0.05, 0.1) is 10.6 Å². The molecule has 4 nitrogen and oxygen atoms in total. The summed E-state index contributed by atoms with van der Waals surface area (Å²) in [6.07, 6.45) is 1.64. The second kappa shape index (κ2) is 5.21. The van der Waals surface area contributed by atoms with Crippen molar-refractivity contribution < 1.29 is 18.0 Å². The predicted octanol–water partition coefficient (Wildman–Crippen LogP) is 3.15. The number of rotatable bonds is 2. The van der Waals surface area contributed by atoms with Gasteiger partial charge in [-0.15, -0.1) is 6.42 Å². The molecule has 0 atom stereocenters. The summed E-state index contributed by atoms with van der Waals surface area (Å²) in [5, 5.41) is 2.52. The number of nitrogens with zero attached hydrogens (tertiary/aromatic N) is 2. The molecule has 0 aliphatic rings. The number of fused-ring (bicyclic) bond motifs is 1. The first-order valence-corrected chi connectivity index (χ1v) is 6.48. The molecule has 2 aromatic rings. The second-order valence-corrected chi connectivity index (χ2v) is 5.54. The number of imidazole rings is 1. The van der Waals surface area contributed by atoms with Crippen molar-refractivity contribution in [1.29, 1.82) is 0 Å². The van der Waals surface area contributed by atoms with Crippen molar-refractivity contribution in [2.75, 3.05) is 0 Å². The van der Waals surface area contributed by atoms with E-state index in [0.717, 1.165) is 4.40 Å². The quantitative estimate of drug-likeness (QED) is 0.860. The van der Waals surface area contributed by atoms with Gasteiger partial charge in [0.2, 0.25) is 0 Å². The largest absolute Gasteiger partial charge is 0.435 e. The van der Waals surface area contributed by atoms with Crippen LogP contribution in [-0.2, 0) is 6.18 Å². The molecule has 22 heavy (non-hydrogen) atoms. The third-order valence-corrected chi connectivity index (χ3v) is 3.08. The molecular weight excluding hydrogens is 319 g/mol. The van der Waals surface area contributed by atoms with E-state index < -0.39 is 29.0 Å². The normalized spacial score (nSPS) is 12.2. The number of nitrogens with one attached hydrogen (secondary N) is 1. The van der Waals surface area contributed by atoms with Gasteiger partial charge in [0.25, 0.3) is 5.91 Å². The van der Waals surface area contributed by atoms with Crippen LogP contribution in [0.25, 0.3) is 5.65 Å². The number of carbonyl (C=O) groups excluding carboxylic acids is 1. The summed E-state index contributed by atoms with van der Waals surface area (Å²) in [6.45, 7) is 2.99. The van der Waals surface area contributed by atoms with Crippen LogP contribution in [0.4, 0.5) is 13.2 Å². The predicted molar refractivity (Wildman–Crippen MR) is 75.6 cm³/mol. The van der Waals surface area contributed by atoms with Crippen molar-refractivity contribution in [3.05, 3.63) is 34.7 Å². The lowest BCUT2D eigenvalue weighted by Gasteiger charge is -2.20. The lowest BCUT2D eigenvalue weighted by molar-refractivity contribution is -0.141. The highest BCUT2D eigenvalue weighted by atomic mass is 35.5. The van der Waals surface area contributed by atoms with Crippen LogP contribution in [-0.4, -0.2) is 20.8 Å². The van der Waals surface area contributed by atoms with Crippen molar-refractivity contribution in [2.45, 2.75) is 25.6 Å². The van der Waals surface area contributed by atoms with Gasteiger partial charge in [-0.25, -0.2) is 4.98 Å².